The highest BCUT2D eigenvalue weighted by molar-refractivity contribution is 5.95. The van der Waals surface area contributed by atoms with Gasteiger partial charge in [-0.25, -0.2) is 4.79 Å². The highest BCUT2D eigenvalue weighted by Crippen LogP contribution is 2.25. The Morgan fingerprint density at radius 3 is 2.39 bits per heavy atom. The summed E-state index contributed by atoms with van der Waals surface area (Å²) in [5.41, 5.74) is 5.63. The molecule has 36 heavy (non-hydrogen) atoms. The number of alkyl carbamates (subject to hydrolysis) is 1. The van der Waals surface area contributed by atoms with Gasteiger partial charge in [0.1, 0.15) is 24.2 Å². The third-order valence-corrected chi connectivity index (χ3v) is 4.80. The van der Waals surface area contributed by atoms with Crippen LogP contribution in [0.4, 0.5) is 4.79 Å². The van der Waals surface area contributed by atoms with Gasteiger partial charge in [0, 0.05) is 6.54 Å². The smallest absolute Gasteiger partial charge is 0.408 e. The minimum absolute atomic E-state index is 0.0960. The first-order chi connectivity index (χ1) is 16.8. The van der Waals surface area contributed by atoms with Crippen LogP contribution in [0.3, 0.4) is 0 Å². The Labute approximate surface area is 211 Å². The topological polar surface area (TPSA) is 157 Å². The molecule has 0 aliphatic carbocycles. The molecule has 11 nitrogen and oxygen atoms in total. The van der Waals surface area contributed by atoms with Crippen LogP contribution in [0.25, 0.3) is 6.08 Å². The zero-order valence-corrected chi connectivity index (χ0v) is 21.5. The first kappa shape index (κ1) is 30.1. The Balaban J connectivity index is 3.47. The second-order valence-corrected chi connectivity index (χ2v) is 8.97. The average molecular weight is 505 g/mol. The van der Waals surface area contributed by atoms with Gasteiger partial charge in [-0.1, -0.05) is 37.8 Å². The van der Waals surface area contributed by atoms with Crippen LogP contribution < -0.4 is 16.4 Å². The number of rotatable bonds is 12. The second-order valence-electron chi connectivity index (χ2n) is 8.97. The molecule has 0 heterocycles. The van der Waals surface area contributed by atoms with E-state index in [1.807, 2.05) is 0 Å². The minimum Gasteiger partial charge on any atom is -0.468 e. The van der Waals surface area contributed by atoms with Crippen molar-refractivity contribution in [1.29, 1.82) is 0 Å². The monoisotopic (exact) mass is 504 g/mol. The highest BCUT2D eigenvalue weighted by Gasteiger charge is 2.36. The molecule has 198 valence electrons. The fourth-order valence-corrected chi connectivity index (χ4v) is 3.32. The zero-order valence-electron chi connectivity index (χ0n) is 21.5. The van der Waals surface area contributed by atoms with E-state index in [0.29, 0.717) is 17.5 Å². The number of nitrogens with zero attached hydrogens (tertiary/aromatic N) is 1. The van der Waals surface area contributed by atoms with Crippen molar-refractivity contribution >= 4 is 35.9 Å². The van der Waals surface area contributed by atoms with Crippen LogP contribution in [0.1, 0.15) is 57.7 Å². The number of benzene rings is 1. The van der Waals surface area contributed by atoms with E-state index < -0.39 is 60.4 Å². The summed E-state index contributed by atoms with van der Waals surface area (Å²) in [5, 5.41) is 4.87. The average Bonchev–Trinajstić information content (AvgIpc) is 2.79. The Morgan fingerprint density at radius 2 is 1.86 bits per heavy atom. The number of primary amides is 1. The summed E-state index contributed by atoms with van der Waals surface area (Å²) in [6, 6.07) is 4.21. The first-order valence-electron chi connectivity index (χ1n) is 11.5. The Hall–Kier alpha value is -3.89. The standard InChI is InChI=1S/C25H36N4O7/c1-7-12-29(23(33)18(14-19(26)30)28-24(34)36-25(3,4)5)21(22(32)27-15-20(31)35-6)17-11-9-10-16(8-2)13-17/h8-11,13,18,21H,2,7,12,14-15H2,1,3-6H3,(H2,26,30)(H,27,32)(H,28,34). The third-order valence-electron chi connectivity index (χ3n) is 4.80. The summed E-state index contributed by atoms with van der Waals surface area (Å²) in [7, 11) is 1.18. The number of nitrogens with one attached hydrogen (secondary N) is 2. The fourth-order valence-electron chi connectivity index (χ4n) is 3.32. The van der Waals surface area contributed by atoms with Gasteiger partial charge in [0.15, 0.2) is 0 Å². The molecule has 1 aromatic carbocycles. The van der Waals surface area contributed by atoms with Gasteiger partial charge in [-0.05, 0) is 44.4 Å². The number of methoxy groups -OCH3 is 1. The number of hydrogen-bond acceptors (Lipinski definition) is 7. The van der Waals surface area contributed by atoms with Crippen LogP contribution in [0.15, 0.2) is 30.8 Å². The van der Waals surface area contributed by atoms with Crippen molar-refractivity contribution in [3.05, 3.63) is 42.0 Å². The number of nitrogens with two attached hydrogens (primary N) is 1. The number of esters is 1. The minimum atomic E-state index is -1.39. The van der Waals surface area contributed by atoms with Crippen LogP contribution in [0.2, 0.25) is 0 Å². The van der Waals surface area contributed by atoms with E-state index in [2.05, 4.69) is 21.9 Å². The lowest BCUT2D eigenvalue weighted by Gasteiger charge is -2.34. The van der Waals surface area contributed by atoms with Crippen molar-refractivity contribution in [1.82, 2.24) is 15.5 Å². The van der Waals surface area contributed by atoms with Gasteiger partial charge >= 0.3 is 12.1 Å². The molecule has 2 atom stereocenters. The molecular formula is C25H36N4O7. The molecule has 0 radical (unpaired) electrons. The van der Waals surface area contributed by atoms with E-state index in [4.69, 9.17) is 10.5 Å². The van der Waals surface area contributed by atoms with E-state index in [1.54, 1.807) is 58.0 Å². The summed E-state index contributed by atoms with van der Waals surface area (Å²) in [5.74, 6) is -2.88. The van der Waals surface area contributed by atoms with Gasteiger partial charge in [-0.2, -0.15) is 0 Å². The zero-order chi connectivity index (χ0) is 27.5. The van der Waals surface area contributed by atoms with Crippen molar-refractivity contribution < 1.29 is 33.4 Å². The lowest BCUT2D eigenvalue weighted by molar-refractivity contribution is -0.145. The molecular weight excluding hydrogens is 468 g/mol. The van der Waals surface area contributed by atoms with Gasteiger partial charge < -0.3 is 30.7 Å². The molecule has 0 saturated carbocycles. The predicted octanol–water partition coefficient (Wildman–Crippen LogP) is 1.67. The molecule has 4 amide bonds. The van der Waals surface area contributed by atoms with Crippen LogP contribution in [0, 0.1) is 0 Å². The van der Waals surface area contributed by atoms with E-state index in [1.165, 1.54) is 12.0 Å². The number of ether oxygens (including phenoxy) is 2. The van der Waals surface area contributed by atoms with E-state index in [-0.39, 0.29) is 6.54 Å². The lowest BCUT2D eigenvalue weighted by Crippen LogP contribution is -2.54. The molecule has 1 rings (SSSR count). The molecule has 0 aromatic heterocycles. The number of hydrogen-bond donors (Lipinski definition) is 3. The molecule has 0 aliphatic heterocycles. The first-order valence-corrected chi connectivity index (χ1v) is 11.5. The van der Waals surface area contributed by atoms with Gasteiger partial charge in [-0.3, -0.25) is 19.2 Å². The molecule has 0 fully saturated rings. The van der Waals surface area contributed by atoms with Crippen LogP contribution in [0.5, 0.6) is 0 Å². The predicted molar refractivity (Wildman–Crippen MR) is 133 cm³/mol. The van der Waals surface area contributed by atoms with Crippen LogP contribution in [-0.2, 0) is 28.7 Å². The van der Waals surface area contributed by atoms with Crippen molar-refractivity contribution in [2.45, 2.75) is 58.2 Å². The number of carbonyl (C=O) groups is 5. The van der Waals surface area contributed by atoms with Crippen molar-refractivity contribution in [2.24, 2.45) is 5.73 Å². The quantitative estimate of drug-likeness (QED) is 0.365. The van der Waals surface area contributed by atoms with E-state index in [9.17, 15) is 24.0 Å². The van der Waals surface area contributed by atoms with Gasteiger partial charge in [0.05, 0.1) is 13.5 Å². The molecule has 0 saturated heterocycles. The largest absolute Gasteiger partial charge is 0.468 e. The van der Waals surface area contributed by atoms with E-state index in [0.717, 1.165) is 0 Å². The van der Waals surface area contributed by atoms with Gasteiger partial charge in [0.25, 0.3) is 0 Å². The molecule has 0 spiro atoms. The summed E-state index contributed by atoms with van der Waals surface area (Å²) < 4.78 is 9.81. The normalized spacial score (nSPS) is 12.5. The van der Waals surface area contributed by atoms with Crippen molar-refractivity contribution in [2.75, 3.05) is 20.2 Å². The van der Waals surface area contributed by atoms with E-state index >= 15 is 0 Å². The van der Waals surface area contributed by atoms with Crippen molar-refractivity contribution in [3.8, 4) is 0 Å². The van der Waals surface area contributed by atoms with Crippen molar-refractivity contribution in [3.63, 3.8) is 0 Å². The fraction of sp³-hybridized carbons (Fsp3) is 0.480. The maximum Gasteiger partial charge on any atom is 0.408 e. The Bertz CT molecular complexity index is 971. The number of carbonyl (C=O) groups excluding carboxylic acids is 5. The highest BCUT2D eigenvalue weighted by atomic mass is 16.6. The molecule has 2 unspecified atom stereocenters. The second kappa shape index (κ2) is 13.9. The third kappa shape index (κ3) is 9.77. The molecule has 0 aliphatic rings. The van der Waals surface area contributed by atoms with Gasteiger partial charge in [-0.15, -0.1) is 0 Å². The Morgan fingerprint density at radius 1 is 1.19 bits per heavy atom. The lowest BCUT2D eigenvalue weighted by atomic mass is 9.99. The molecule has 0 bridgehead atoms. The van der Waals surface area contributed by atoms with Crippen LogP contribution >= 0.6 is 0 Å². The summed E-state index contributed by atoms with van der Waals surface area (Å²) >= 11 is 0. The number of amides is 4. The molecule has 11 heteroatoms. The summed E-state index contributed by atoms with van der Waals surface area (Å²) in [6.45, 7) is 10.2. The van der Waals surface area contributed by atoms with Crippen LogP contribution in [-0.4, -0.2) is 66.5 Å². The SMILES string of the molecule is C=Cc1cccc(C(C(=O)NCC(=O)OC)N(CCC)C(=O)C(CC(N)=O)NC(=O)OC(C)(C)C)c1. The summed E-state index contributed by atoms with van der Waals surface area (Å²) in [6.07, 6.45) is 0.600. The molecule has 1 aromatic rings. The Kier molecular flexibility index (Phi) is 11.6. The van der Waals surface area contributed by atoms with Gasteiger partial charge in [0.2, 0.25) is 17.7 Å². The molecule has 4 N–H and O–H groups in total. The maximum absolute atomic E-state index is 13.7. The maximum atomic E-state index is 13.7. The summed E-state index contributed by atoms with van der Waals surface area (Å²) in [4.78, 5) is 64.0.